The van der Waals surface area contributed by atoms with Gasteiger partial charge < -0.3 is 9.64 Å². The Labute approximate surface area is 174 Å². The van der Waals surface area contributed by atoms with Gasteiger partial charge in [-0.3, -0.25) is 4.79 Å². The number of thioether (sulfide) groups is 1. The van der Waals surface area contributed by atoms with E-state index in [4.69, 9.17) is 16.3 Å². The van der Waals surface area contributed by atoms with Crippen molar-refractivity contribution in [2.24, 2.45) is 0 Å². The number of rotatable bonds is 5. The molecule has 1 fully saturated rings. The number of alkyl halides is 1. The summed E-state index contributed by atoms with van der Waals surface area (Å²) in [5, 5.41) is -0.733. The molecule has 4 rings (SSSR count). The maximum absolute atomic E-state index is 13.1. The van der Waals surface area contributed by atoms with Crippen LogP contribution < -0.4 is 4.74 Å². The van der Waals surface area contributed by atoms with Crippen molar-refractivity contribution in [1.82, 2.24) is 4.90 Å². The van der Waals surface area contributed by atoms with Gasteiger partial charge in [-0.15, -0.1) is 23.4 Å². The van der Waals surface area contributed by atoms with Crippen LogP contribution in [0.3, 0.4) is 0 Å². The van der Waals surface area contributed by atoms with Gasteiger partial charge in [-0.05, 0) is 35.4 Å². The molecule has 1 aliphatic heterocycles. The first-order chi connectivity index (χ1) is 13.7. The van der Waals surface area contributed by atoms with E-state index < -0.39 is 5.38 Å². The van der Waals surface area contributed by atoms with Crippen LogP contribution in [0.2, 0.25) is 0 Å². The topological polar surface area (TPSA) is 29.5 Å². The fourth-order valence-corrected chi connectivity index (χ4v) is 4.76. The van der Waals surface area contributed by atoms with Gasteiger partial charge in [-0.1, -0.05) is 60.7 Å². The molecule has 0 radical (unpaired) electrons. The molecule has 1 aliphatic rings. The van der Waals surface area contributed by atoms with Gasteiger partial charge in [0, 0.05) is 12.3 Å². The lowest BCUT2D eigenvalue weighted by Crippen LogP contribution is -2.33. The van der Waals surface area contributed by atoms with E-state index in [1.807, 2.05) is 89.8 Å². The number of para-hydroxylation sites is 1. The average molecular weight is 410 g/mol. The van der Waals surface area contributed by atoms with Gasteiger partial charge in [0.25, 0.3) is 0 Å². The lowest BCUT2D eigenvalue weighted by atomic mass is 10.1. The molecule has 3 aromatic carbocycles. The lowest BCUT2D eigenvalue weighted by molar-refractivity contribution is -0.131. The van der Waals surface area contributed by atoms with E-state index in [1.165, 1.54) is 0 Å². The van der Waals surface area contributed by atoms with Crippen LogP contribution in [0.4, 0.5) is 0 Å². The van der Waals surface area contributed by atoms with Gasteiger partial charge in [0.2, 0.25) is 5.91 Å². The first-order valence-electron chi connectivity index (χ1n) is 9.16. The number of carbonyl (C=O) groups excluding carboxylic acids is 1. The van der Waals surface area contributed by atoms with E-state index in [9.17, 15) is 4.79 Å². The van der Waals surface area contributed by atoms with Crippen molar-refractivity contribution >= 4 is 29.3 Å². The average Bonchev–Trinajstić information content (AvgIpc) is 3.24. The predicted molar refractivity (Wildman–Crippen MR) is 115 cm³/mol. The van der Waals surface area contributed by atoms with E-state index >= 15 is 0 Å². The minimum Gasteiger partial charge on any atom is -0.457 e. The monoisotopic (exact) mass is 409 g/mol. The maximum Gasteiger partial charge on any atom is 0.246 e. The first-order valence-corrected chi connectivity index (χ1v) is 10.6. The Hall–Kier alpha value is -2.43. The minimum absolute atomic E-state index is 0.0581. The third-order valence-corrected chi connectivity index (χ3v) is 6.30. The first kappa shape index (κ1) is 18.9. The Bertz CT molecular complexity index is 936. The van der Waals surface area contributed by atoms with Gasteiger partial charge in [0.15, 0.2) is 0 Å². The second-order valence-electron chi connectivity index (χ2n) is 6.52. The summed E-state index contributed by atoms with van der Waals surface area (Å²) >= 11 is 8.25. The normalized spacial score (nSPS) is 17.3. The fourth-order valence-electron chi connectivity index (χ4n) is 3.24. The summed E-state index contributed by atoms with van der Waals surface area (Å²) in [5.74, 6) is 2.38. The standard InChI is InChI=1S/C23H20ClNO2S/c24-21(17-8-3-1-4-9-17)22(26)25-14-15-28-23(25)18-10-7-13-20(16-18)27-19-11-5-2-6-12-19/h1-13,16,21,23H,14-15H2/t21-,23+/m0/s1. The van der Waals surface area contributed by atoms with Crippen LogP contribution in [0.5, 0.6) is 11.5 Å². The molecule has 0 aromatic heterocycles. The Kier molecular flexibility index (Phi) is 5.89. The van der Waals surface area contributed by atoms with Crippen LogP contribution in [-0.4, -0.2) is 23.1 Å². The van der Waals surface area contributed by atoms with Crippen LogP contribution in [0.25, 0.3) is 0 Å². The highest BCUT2D eigenvalue weighted by Gasteiger charge is 2.34. The fraction of sp³-hybridized carbons (Fsp3) is 0.174. The Morgan fingerprint density at radius 2 is 1.64 bits per heavy atom. The summed E-state index contributed by atoms with van der Waals surface area (Å²) in [6, 6.07) is 27.1. The number of ether oxygens (including phenoxy) is 1. The largest absolute Gasteiger partial charge is 0.457 e. The molecule has 0 bridgehead atoms. The molecule has 1 heterocycles. The van der Waals surface area contributed by atoms with Crippen molar-refractivity contribution in [3.05, 3.63) is 96.1 Å². The molecule has 0 N–H and O–H groups in total. The molecule has 142 valence electrons. The van der Waals surface area contributed by atoms with E-state index in [2.05, 4.69) is 0 Å². The molecule has 1 saturated heterocycles. The number of carbonyl (C=O) groups is 1. The molecular formula is C23H20ClNO2S. The highest BCUT2D eigenvalue weighted by molar-refractivity contribution is 7.99. The highest BCUT2D eigenvalue weighted by atomic mass is 35.5. The molecule has 2 atom stereocenters. The summed E-state index contributed by atoms with van der Waals surface area (Å²) in [7, 11) is 0. The zero-order chi connectivity index (χ0) is 19.3. The van der Waals surface area contributed by atoms with E-state index in [0.717, 1.165) is 28.4 Å². The summed E-state index contributed by atoms with van der Waals surface area (Å²) < 4.78 is 5.95. The number of hydrogen-bond acceptors (Lipinski definition) is 3. The van der Waals surface area contributed by atoms with Gasteiger partial charge in [0.1, 0.15) is 22.2 Å². The van der Waals surface area contributed by atoms with Crippen molar-refractivity contribution in [2.45, 2.75) is 10.8 Å². The summed E-state index contributed by atoms with van der Waals surface area (Å²) in [4.78, 5) is 14.9. The van der Waals surface area contributed by atoms with Gasteiger partial charge in [-0.25, -0.2) is 0 Å². The zero-order valence-electron chi connectivity index (χ0n) is 15.2. The molecule has 1 amide bonds. The molecule has 0 saturated carbocycles. The van der Waals surface area contributed by atoms with Crippen LogP contribution in [0, 0.1) is 0 Å². The van der Waals surface area contributed by atoms with Crippen LogP contribution >= 0.6 is 23.4 Å². The van der Waals surface area contributed by atoms with E-state index in [1.54, 1.807) is 11.8 Å². The van der Waals surface area contributed by atoms with Gasteiger partial charge in [-0.2, -0.15) is 0 Å². The lowest BCUT2D eigenvalue weighted by Gasteiger charge is -2.26. The van der Waals surface area contributed by atoms with Crippen LogP contribution in [0.15, 0.2) is 84.9 Å². The number of hydrogen-bond donors (Lipinski definition) is 0. The molecule has 0 unspecified atom stereocenters. The smallest absolute Gasteiger partial charge is 0.246 e. The molecule has 0 spiro atoms. The van der Waals surface area contributed by atoms with Crippen molar-refractivity contribution < 1.29 is 9.53 Å². The zero-order valence-corrected chi connectivity index (χ0v) is 16.8. The van der Waals surface area contributed by atoms with E-state index in [-0.39, 0.29) is 11.3 Å². The van der Waals surface area contributed by atoms with Crippen molar-refractivity contribution in [2.75, 3.05) is 12.3 Å². The summed E-state index contributed by atoms with van der Waals surface area (Å²) in [5.41, 5.74) is 1.87. The quantitative estimate of drug-likeness (QED) is 0.481. The molecular weight excluding hydrogens is 390 g/mol. The summed E-state index contributed by atoms with van der Waals surface area (Å²) in [6.07, 6.45) is 0. The SMILES string of the molecule is O=C([C@@H](Cl)c1ccccc1)N1CCS[C@@H]1c1cccc(Oc2ccccc2)c1. The predicted octanol–water partition coefficient (Wildman–Crippen LogP) is 6.03. The van der Waals surface area contributed by atoms with Crippen molar-refractivity contribution in [3.63, 3.8) is 0 Å². The Morgan fingerprint density at radius 3 is 2.39 bits per heavy atom. The Balaban J connectivity index is 1.53. The second kappa shape index (κ2) is 8.72. The third-order valence-electron chi connectivity index (χ3n) is 4.61. The molecule has 3 aromatic rings. The van der Waals surface area contributed by atoms with Crippen LogP contribution in [0.1, 0.15) is 21.9 Å². The van der Waals surface area contributed by atoms with Gasteiger partial charge in [0.05, 0.1) is 0 Å². The molecule has 3 nitrogen and oxygen atoms in total. The van der Waals surface area contributed by atoms with Crippen molar-refractivity contribution in [1.29, 1.82) is 0 Å². The summed E-state index contributed by atoms with van der Waals surface area (Å²) in [6.45, 7) is 0.688. The van der Waals surface area contributed by atoms with Gasteiger partial charge >= 0.3 is 0 Å². The number of benzene rings is 3. The van der Waals surface area contributed by atoms with Crippen LogP contribution in [-0.2, 0) is 4.79 Å². The molecule has 0 aliphatic carbocycles. The Morgan fingerprint density at radius 1 is 0.964 bits per heavy atom. The second-order valence-corrected chi connectivity index (χ2v) is 8.14. The number of nitrogens with zero attached hydrogens (tertiary/aromatic N) is 1. The third kappa shape index (κ3) is 4.18. The highest BCUT2D eigenvalue weighted by Crippen LogP contribution is 2.41. The molecule has 5 heteroatoms. The maximum atomic E-state index is 13.1. The molecule has 28 heavy (non-hydrogen) atoms. The van der Waals surface area contributed by atoms with Crippen molar-refractivity contribution in [3.8, 4) is 11.5 Å². The number of halogens is 1. The minimum atomic E-state index is -0.675. The number of amides is 1. The van der Waals surface area contributed by atoms with E-state index in [0.29, 0.717) is 6.54 Å².